The highest BCUT2D eigenvalue weighted by molar-refractivity contribution is 7.12. The maximum atomic E-state index is 12.7. The second-order valence-corrected chi connectivity index (χ2v) is 6.90. The van der Waals surface area contributed by atoms with E-state index in [1.54, 1.807) is 17.5 Å². The molecule has 2 aromatic rings. The molecule has 1 fully saturated rings. The average molecular weight is 363 g/mol. The molecule has 3 nitrogen and oxygen atoms in total. The minimum atomic E-state index is -4.47. The molecule has 0 spiro atoms. The van der Waals surface area contributed by atoms with Gasteiger partial charge in [-0.25, -0.2) is 0 Å². The largest absolute Gasteiger partial charge is 0.416 e. The van der Waals surface area contributed by atoms with Gasteiger partial charge in [-0.15, -0.1) is 11.3 Å². The molecule has 0 saturated heterocycles. The molecule has 0 aliphatic heterocycles. The standard InChI is InChI=1S/C18H12F3NO2S/c1-10(23)17(9-22)14(15(17)16(24)13-3-2-8-25-13)11-4-6-12(7-5-11)18(19,20)21/h2-8,14-15H,1H3. The van der Waals surface area contributed by atoms with E-state index < -0.39 is 34.8 Å². The van der Waals surface area contributed by atoms with E-state index in [0.29, 0.717) is 10.4 Å². The van der Waals surface area contributed by atoms with Crippen molar-refractivity contribution in [1.29, 1.82) is 5.26 Å². The third kappa shape index (κ3) is 2.67. The fourth-order valence-corrected chi connectivity index (χ4v) is 4.01. The number of nitrogens with zero attached hydrogens (tertiary/aromatic N) is 1. The molecule has 0 bridgehead atoms. The summed E-state index contributed by atoms with van der Waals surface area (Å²) in [4.78, 5) is 25.2. The lowest BCUT2D eigenvalue weighted by molar-refractivity contribution is -0.137. The van der Waals surface area contributed by atoms with E-state index in [9.17, 15) is 28.0 Å². The first-order valence-corrected chi connectivity index (χ1v) is 8.28. The van der Waals surface area contributed by atoms with Crippen LogP contribution < -0.4 is 0 Å². The van der Waals surface area contributed by atoms with Crippen LogP contribution in [0.1, 0.15) is 33.6 Å². The van der Waals surface area contributed by atoms with E-state index in [4.69, 9.17) is 0 Å². The van der Waals surface area contributed by atoms with Crippen molar-refractivity contribution in [2.75, 3.05) is 0 Å². The van der Waals surface area contributed by atoms with Crippen LogP contribution in [0.3, 0.4) is 0 Å². The molecular formula is C18H12F3NO2S. The van der Waals surface area contributed by atoms with Crippen molar-refractivity contribution >= 4 is 22.9 Å². The van der Waals surface area contributed by atoms with Crippen molar-refractivity contribution in [3.8, 4) is 6.07 Å². The zero-order valence-electron chi connectivity index (χ0n) is 13.0. The van der Waals surface area contributed by atoms with Crippen LogP contribution in [0.5, 0.6) is 0 Å². The summed E-state index contributed by atoms with van der Waals surface area (Å²) in [7, 11) is 0. The van der Waals surface area contributed by atoms with Crippen molar-refractivity contribution in [2.24, 2.45) is 11.3 Å². The van der Waals surface area contributed by atoms with Crippen LogP contribution in [0.2, 0.25) is 0 Å². The summed E-state index contributed by atoms with van der Waals surface area (Å²) in [5.41, 5.74) is -1.94. The fraction of sp³-hybridized carbons (Fsp3) is 0.278. The van der Waals surface area contributed by atoms with Gasteiger partial charge in [0.25, 0.3) is 0 Å². The smallest absolute Gasteiger partial charge is 0.298 e. The number of alkyl halides is 3. The van der Waals surface area contributed by atoms with E-state index in [0.717, 1.165) is 12.1 Å². The number of nitriles is 1. The second-order valence-electron chi connectivity index (χ2n) is 5.95. The van der Waals surface area contributed by atoms with Crippen molar-refractivity contribution in [2.45, 2.75) is 19.0 Å². The van der Waals surface area contributed by atoms with Crippen molar-refractivity contribution in [1.82, 2.24) is 0 Å². The maximum absolute atomic E-state index is 12.7. The summed E-state index contributed by atoms with van der Waals surface area (Å²) >= 11 is 1.21. The van der Waals surface area contributed by atoms with Crippen molar-refractivity contribution < 1.29 is 22.8 Å². The molecule has 1 aromatic heterocycles. The number of halogens is 3. The van der Waals surface area contributed by atoms with Gasteiger partial charge < -0.3 is 0 Å². The number of ketones is 2. The summed E-state index contributed by atoms with van der Waals surface area (Å²) in [6, 6.07) is 9.54. The van der Waals surface area contributed by atoms with Gasteiger partial charge in [-0.3, -0.25) is 9.59 Å². The Hall–Kier alpha value is -2.46. The number of rotatable bonds is 4. The van der Waals surface area contributed by atoms with Gasteiger partial charge in [-0.1, -0.05) is 18.2 Å². The molecule has 1 saturated carbocycles. The molecule has 0 N–H and O–H groups in total. The molecule has 0 radical (unpaired) electrons. The Balaban J connectivity index is 2.00. The Morgan fingerprint density at radius 3 is 2.28 bits per heavy atom. The van der Waals surface area contributed by atoms with Crippen LogP contribution in [0.4, 0.5) is 13.2 Å². The Kier molecular flexibility index (Phi) is 4.04. The number of benzene rings is 1. The number of thiophene rings is 1. The molecule has 1 aliphatic carbocycles. The van der Waals surface area contributed by atoms with E-state index in [1.165, 1.54) is 30.4 Å². The summed E-state index contributed by atoms with van der Waals surface area (Å²) in [5, 5.41) is 11.3. The molecule has 128 valence electrons. The third-order valence-electron chi connectivity index (χ3n) is 4.62. The molecule has 3 rings (SSSR count). The molecule has 1 aliphatic rings. The first-order chi connectivity index (χ1) is 11.7. The average Bonchev–Trinajstić information content (AvgIpc) is 2.94. The summed E-state index contributed by atoms with van der Waals surface area (Å²) < 4.78 is 38.1. The second kappa shape index (κ2) is 5.81. The predicted octanol–water partition coefficient (Wildman–Crippen LogP) is 4.46. The topological polar surface area (TPSA) is 57.9 Å². The van der Waals surface area contributed by atoms with Gasteiger partial charge in [0.15, 0.2) is 11.6 Å². The first-order valence-electron chi connectivity index (χ1n) is 7.40. The number of Topliss-reactive ketones (excluding diaryl/α,β-unsaturated/α-hetero) is 2. The molecule has 25 heavy (non-hydrogen) atoms. The molecule has 7 heteroatoms. The van der Waals surface area contributed by atoms with Crippen molar-refractivity contribution in [3.05, 3.63) is 57.8 Å². The Morgan fingerprint density at radius 1 is 1.20 bits per heavy atom. The van der Waals surface area contributed by atoms with Gasteiger partial charge in [-0.2, -0.15) is 18.4 Å². The van der Waals surface area contributed by atoms with Gasteiger partial charge >= 0.3 is 6.18 Å². The van der Waals surface area contributed by atoms with Crippen LogP contribution in [-0.4, -0.2) is 11.6 Å². The number of carbonyl (C=O) groups is 2. The quantitative estimate of drug-likeness (QED) is 0.754. The highest BCUT2D eigenvalue weighted by atomic mass is 32.1. The lowest BCUT2D eigenvalue weighted by atomic mass is 9.95. The van der Waals surface area contributed by atoms with E-state index in [1.807, 2.05) is 6.07 Å². The van der Waals surface area contributed by atoms with Gasteiger partial charge in [-0.05, 0) is 36.1 Å². The van der Waals surface area contributed by atoms with Gasteiger partial charge in [0.05, 0.1) is 22.4 Å². The van der Waals surface area contributed by atoms with Crippen LogP contribution >= 0.6 is 11.3 Å². The summed E-state index contributed by atoms with van der Waals surface area (Å²) in [5.74, 6) is -2.37. The van der Waals surface area contributed by atoms with Crippen LogP contribution in [0, 0.1) is 22.7 Å². The number of carbonyl (C=O) groups excluding carboxylic acids is 2. The molecule has 3 unspecified atom stereocenters. The van der Waals surface area contributed by atoms with Gasteiger partial charge in [0.2, 0.25) is 0 Å². The van der Waals surface area contributed by atoms with E-state index in [-0.39, 0.29) is 5.78 Å². The zero-order valence-corrected chi connectivity index (χ0v) is 13.8. The minimum Gasteiger partial charge on any atom is -0.298 e. The van der Waals surface area contributed by atoms with Gasteiger partial charge in [0, 0.05) is 5.92 Å². The summed E-state index contributed by atoms with van der Waals surface area (Å²) in [6.07, 6.45) is -4.47. The van der Waals surface area contributed by atoms with Crippen LogP contribution in [0.25, 0.3) is 0 Å². The number of hydrogen-bond acceptors (Lipinski definition) is 4. The maximum Gasteiger partial charge on any atom is 0.416 e. The zero-order chi connectivity index (χ0) is 18.4. The lowest BCUT2D eigenvalue weighted by Crippen LogP contribution is -2.17. The van der Waals surface area contributed by atoms with Crippen LogP contribution in [0.15, 0.2) is 41.8 Å². The molecule has 1 aromatic carbocycles. The van der Waals surface area contributed by atoms with Crippen LogP contribution in [-0.2, 0) is 11.0 Å². The SMILES string of the molecule is CC(=O)C1(C#N)C(C(=O)c2cccs2)C1c1ccc(C(F)(F)F)cc1. The molecule has 1 heterocycles. The van der Waals surface area contributed by atoms with E-state index >= 15 is 0 Å². The minimum absolute atomic E-state index is 0.323. The first kappa shape index (κ1) is 17.4. The van der Waals surface area contributed by atoms with Gasteiger partial charge in [0.1, 0.15) is 5.41 Å². The Bertz CT molecular complexity index is 865. The summed E-state index contributed by atoms with van der Waals surface area (Å²) in [6.45, 7) is 1.24. The number of hydrogen-bond donors (Lipinski definition) is 0. The normalized spacial score (nSPS) is 25.2. The Morgan fingerprint density at radius 2 is 1.84 bits per heavy atom. The highest BCUT2D eigenvalue weighted by Crippen LogP contribution is 2.66. The fourth-order valence-electron chi connectivity index (χ4n) is 3.31. The highest BCUT2D eigenvalue weighted by Gasteiger charge is 2.72. The molecule has 3 atom stereocenters. The molecule has 0 amide bonds. The lowest BCUT2D eigenvalue weighted by Gasteiger charge is -2.08. The Labute approximate surface area is 145 Å². The molecular weight excluding hydrogens is 351 g/mol. The monoisotopic (exact) mass is 363 g/mol. The van der Waals surface area contributed by atoms with Crippen molar-refractivity contribution in [3.63, 3.8) is 0 Å². The predicted molar refractivity (Wildman–Crippen MR) is 85.1 cm³/mol. The van der Waals surface area contributed by atoms with E-state index in [2.05, 4.69) is 0 Å². The third-order valence-corrected chi connectivity index (χ3v) is 5.50.